The molecule has 3 unspecified atom stereocenters. The van der Waals surface area contributed by atoms with E-state index in [4.69, 9.17) is 27.9 Å². The minimum Gasteiger partial charge on any atom is -0.373 e. The Kier molecular flexibility index (Phi) is 6.53. The number of benzene rings is 1. The second-order valence-corrected chi connectivity index (χ2v) is 10.1. The Morgan fingerprint density at radius 3 is 2.50 bits per heavy atom. The number of morpholine rings is 1. The summed E-state index contributed by atoms with van der Waals surface area (Å²) in [5.74, 6) is -0.0453. The van der Waals surface area contributed by atoms with Gasteiger partial charge in [-0.15, -0.1) is 0 Å². The standard InChI is InChI=1S/C18H26Cl2N2O3S/c1-13-9-21(10-14(2)25-13)11-16-4-3-7-22(16)26(23,24)12-15-5-6-17(19)18(20)8-15/h5-6,8,13-14,16H,3-4,7,9-12H2,1-2H3. The van der Waals surface area contributed by atoms with Crippen LogP contribution in [-0.2, 0) is 20.5 Å². The fraction of sp³-hybridized carbons (Fsp3) is 0.667. The van der Waals surface area contributed by atoms with Crippen molar-refractivity contribution in [2.75, 3.05) is 26.2 Å². The maximum Gasteiger partial charge on any atom is 0.218 e. The third kappa shape index (κ3) is 4.91. The van der Waals surface area contributed by atoms with E-state index in [1.54, 1.807) is 22.5 Å². The van der Waals surface area contributed by atoms with Gasteiger partial charge in [0.25, 0.3) is 0 Å². The van der Waals surface area contributed by atoms with E-state index in [-0.39, 0.29) is 24.0 Å². The second-order valence-electron chi connectivity index (χ2n) is 7.39. The lowest BCUT2D eigenvalue weighted by atomic mass is 10.1. The third-order valence-corrected chi connectivity index (χ3v) is 7.61. The lowest BCUT2D eigenvalue weighted by molar-refractivity contribution is -0.0707. The molecule has 0 radical (unpaired) electrons. The molecule has 26 heavy (non-hydrogen) atoms. The Bertz CT molecular complexity index is 734. The molecule has 0 amide bonds. The molecule has 2 heterocycles. The molecule has 0 N–H and O–H groups in total. The summed E-state index contributed by atoms with van der Waals surface area (Å²) in [4.78, 5) is 2.33. The van der Waals surface area contributed by atoms with E-state index in [0.717, 1.165) is 32.5 Å². The molecule has 8 heteroatoms. The average molecular weight is 421 g/mol. The topological polar surface area (TPSA) is 49.9 Å². The molecule has 3 rings (SSSR count). The van der Waals surface area contributed by atoms with Crippen LogP contribution in [0, 0.1) is 0 Å². The van der Waals surface area contributed by atoms with Gasteiger partial charge in [-0.25, -0.2) is 8.42 Å². The smallest absolute Gasteiger partial charge is 0.218 e. The first-order chi connectivity index (χ1) is 12.2. The Morgan fingerprint density at radius 1 is 1.15 bits per heavy atom. The maximum atomic E-state index is 13.0. The Labute approximate surface area is 166 Å². The van der Waals surface area contributed by atoms with Crippen LogP contribution in [0.2, 0.25) is 10.0 Å². The summed E-state index contributed by atoms with van der Waals surface area (Å²) in [7, 11) is -3.40. The SMILES string of the molecule is CC1CN(CC2CCCN2S(=O)(=O)Cc2ccc(Cl)c(Cl)c2)CC(C)O1. The van der Waals surface area contributed by atoms with Crippen LogP contribution in [0.25, 0.3) is 0 Å². The molecule has 1 aromatic carbocycles. The highest BCUT2D eigenvalue weighted by atomic mass is 35.5. The van der Waals surface area contributed by atoms with E-state index < -0.39 is 10.0 Å². The van der Waals surface area contributed by atoms with Crippen molar-refractivity contribution in [2.24, 2.45) is 0 Å². The van der Waals surface area contributed by atoms with Gasteiger partial charge in [0.1, 0.15) is 0 Å². The van der Waals surface area contributed by atoms with E-state index in [1.165, 1.54) is 0 Å². The molecular weight excluding hydrogens is 395 g/mol. The first-order valence-electron chi connectivity index (χ1n) is 9.06. The number of hydrogen-bond donors (Lipinski definition) is 0. The molecule has 0 aliphatic carbocycles. The minimum absolute atomic E-state index is 0.0280. The van der Waals surface area contributed by atoms with Gasteiger partial charge in [0.05, 0.1) is 28.0 Å². The molecule has 0 spiro atoms. The number of hydrogen-bond acceptors (Lipinski definition) is 4. The van der Waals surface area contributed by atoms with Gasteiger partial charge in [-0.05, 0) is 44.4 Å². The number of ether oxygens (including phenoxy) is 1. The predicted octanol–water partition coefficient (Wildman–Crippen LogP) is 3.40. The monoisotopic (exact) mass is 420 g/mol. The molecular formula is C18H26Cl2N2O3S. The van der Waals surface area contributed by atoms with Crippen molar-refractivity contribution in [1.82, 2.24) is 9.21 Å². The van der Waals surface area contributed by atoms with Gasteiger partial charge in [0, 0.05) is 32.2 Å². The van der Waals surface area contributed by atoms with Crippen LogP contribution in [0.4, 0.5) is 0 Å². The van der Waals surface area contributed by atoms with Crippen LogP contribution in [0.1, 0.15) is 32.3 Å². The molecule has 0 saturated carbocycles. The van der Waals surface area contributed by atoms with Gasteiger partial charge in [-0.1, -0.05) is 29.3 Å². The number of nitrogens with zero attached hydrogens (tertiary/aromatic N) is 2. The summed E-state index contributed by atoms with van der Waals surface area (Å²) in [5.41, 5.74) is 0.665. The summed E-state index contributed by atoms with van der Waals surface area (Å²) in [5, 5.41) is 0.816. The molecule has 2 aliphatic heterocycles. The summed E-state index contributed by atoms with van der Waals surface area (Å²) < 4.78 is 33.4. The normalized spacial score (nSPS) is 28.5. The van der Waals surface area contributed by atoms with Crippen LogP contribution >= 0.6 is 23.2 Å². The van der Waals surface area contributed by atoms with Crippen molar-refractivity contribution in [3.05, 3.63) is 33.8 Å². The Hall–Kier alpha value is -0.370. The van der Waals surface area contributed by atoms with Gasteiger partial charge >= 0.3 is 0 Å². The van der Waals surface area contributed by atoms with Gasteiger partial charge in [-0.2, -0.15) is 4.31 Å². The van der Waals surface area contributed by atoms with E-state index >= 15 is 0 Å². The molecule has 0 bridgehead atoms. The summed E-state index contributed by atoms with van der Waals surface area (Å²) in [6.45, 7) is 7.18. The fourth-order valence-electron chi connectivity index (χ4n) is 4.01. The lowest BCUT2D eigenvalue weighted by Crippen LogP contribution is -2.51. The first-order valence-corrected chi connectivity index (χ1v) is 11.4. The van der Waals surface area contributed by atoms with E-state index in [1.807, 2.05) is 0 Å². The molecule has 1 aromatic rings. The Balaban J connectivity index is 1.68. The summed E-state index contributed by atoms with van der Waals surface area (Å²) in [6, 6.07) is 5.03. The van der Waals surface area contributed by atoms with Crippen LogP contribution in [-0.4, -0.2) is 62.1 Å². The lowest BCUT2D eigenvalue weighted by Gasteiger charge is -2.38. The van der Waals surface area contributed by atoms with Gasteiger partial charge in [0.2, 0.25) is 10.0 Å². The quantitative estimate of drug-likeness (QED) is 0.732. The van der Waals surface area contributed by atoms with E-state index in [0.29, 0.717) is 22.2 Å². The highest BCUT2D eigenvalue weighted by Crippen LogP contribution is 2.28. The average Bonchev–Trinajstić information content (AvgIpc) is 2.99. The molecule has 146 valence electrons. The van der Waals surface area contributed by atoms with Crippen LogP contribution in [0.3, 0.4) is 0 Å². The second kappa shape index (κ2) is 8.33. The molecule has 3 atom stereocenters. The van der Waals surface area contributed by atoms with Gasteiger partial charge < -0.3 is 4.74 Å². The van der Waals surface area contributed by atoms with Crippen molar-refractivity contribution in [2.45, 2.75) is 50.7 Å². The predicted molar refractivity (Wildman–Crippen MR) is 105 cm³/mol. The van der Waals surface area contributed by atoms with Crippen molar-refractivity contribution in [3.8, 4) is 0 Å². The largest absolute Gasteiger partial charge is 0.373 e. The summed E-state index contributed by atoms with van der Waals surface area (Å²) >= 11 is 12.0. The molecule has 5 nitrogen and oxygen atoms in total. The van der Waals surface area contributed by atoms with Crippen molar-refractivity contribution < 1.29 is 13.2 Å². The molecule has 2 fully saturated rings. The van der Waals surface area contributed by atoms with E-state index in [2.05, 4.69) is 18.7 Å². The highest BCUT2D eigenvalue weighted by molar-refractivity contribution is 7.88. The fourth-order valence-corrected chi connectivity index (χ4v) is 6.13. The Morgan fingerprint density at radius 2 is 1.85 bits per heavy atom. The van der Waals surface area contributed by atoms with Crippen LogP contribution in [0.5, 0.6) is 0 Å². The van der Waals surface area contributed by atoms with Crippen molar-refractivity contribution >= 4 is 33.2 Å². The summed E-state index contributed by atoms with van der Waals surface area (Å²) in [6.07, 6.45) is 2.17. The van der Waals surface area contributed by atoms with E-state index in [9.17, 15) is 8.42 Å². The zero-order valence-electron chi connectivity index (χ0n) is 15.2. The van der Waals surface area contributed by atoms with Gasteiger partial charge in [0.15, 0.2) is 0 Å². The zero-order chi connectivity index (χ0) is 18.9. The maximum absolute atomic E-state index is 13.0. The minimum atomic E-state index is -3.40. The molecule has 2 aliphatic rings. The third-order valence-electron chi connectivity index (χ3n) is 4.98. The van der Waals surface area contributed by atoms with Crippen LogP contribution in [0.15, 0.2) is 18.2 Å². The zero-order valence-corrected chi connectivity index (χ0v) is 17.5. The van der Waals surface area contributed by atoms with Crippen molar-refractivity contribution in [1.29, 1.82) is 0 Å². The number of sulfonamides is 1. The number of halogens is 2. The molecule has 2 saturated heterocycles. The molecule has 0 aromatic heterocycles. The highest BCUT2D eigenvalue weighted by Gasteiger charge is 2.36. The van der Waals surface area contributed by atoms with Crippen LogP contribution < -0.4 is 0 Å². The first kappa shape index (κ1) is 20.4. The van der Waals surface area contributed by atoms with Crippen molar-refractivity contribution in [3.63, 3.8) is 0 Å². The number of rotatable bonds is 5. The van der Waals surface area contributed by atoms with Gasteiger partial charge in [-0.3, -0.25) is 4.90 Å².